The van der Waals surface area contributed by atoms with Gasteiger partial charge in [-0.2, -0.15) is 5.10 Å². The van der Waals surface area contributed by atoms with Crippen molar-refractivity contribution < 1.29 is 4.79 Å². The molecule has 2 heterocycles. The third kappa shape index (κ3) is 2.80. The second kappa shape index (κ2) is 5.92. The van der Waals surface area contributed by atoms with Gasteiger partial charge in [-0.25, -0.2) is 0 Å². The van der Waals surface area contributed by atoms with Gasteiger partial charge in [0.1, 0.15) is 0 Å². The number of anilines is 1. The zero-order chi connectivity index (χ0) is 16.4. The maximum absolute atomic E-state index is 12.7. The fourth-order valence-electron chi connectivity index (χ4n) is 2.96. The molecule has 4 rings (SSSR count). The number of aromatic nitrogens is 3. The summed E-state index contributed by atoms with van der Waals surface area (Å²) in [5, 5.41) is 7.41. The molecule has 1 aromatic carbocycles. The number of nitrogens with one attached hydrogen (secondary N) is 1. The van der Waals surface area contributed by atoms with Gasteiger partial charge in [0.2, 0.25) is 5.91 Å². The second-order valence-electron chi connectivity index (χ2n) is 6.16. The average molecular weight is 318 g/mol. The van der Waals surface area contributed by atoms with E-state index in [0.717, 1.165) is 24.0 Å². The Kier molecular flexibility index (Phi) is 3.61. The lowest BCUT2D eigenvalue weighted by Gasteiger charge is -2.14. The number of benzene rings is 1. The Hall–Kier alpha value is -2.95. The lowest BCUT2D eigenvalue weighted by Crippen LogP contribution is -2.28. The van der Waals surface area contributed by atoms with Crippen LogP contribution in [0.2, 0.25) is 0 Å². The molecule has 1 N–H and O–H groups in total. The van der Waals surface area contributed by atoms with E-state index in [0.29, 0.717) is 12.4 Å². The SMILES string of the molecule is O=C(Nc1ccn(Cc2ccncc2)n1)C1(c2ccccc2)CC1. The molecule has 0 atom stereocenters. The molecule has 0 radical (unpaired) electrons. The van der Waals surface area contributed by atoms with Gasteiger partial charge in [-0.05, 0) is 36.1 Å². The Morgan fingerprint density at radius 3 is 2.54 bits per heavy atom. The van der Waals surface area contributed by atoms with Crippen molar-refractivity contribution in [1.82, 2.24) is 14.8 Å². The molecule has 1 amide bonds. The minimum Gasteiger partial charge on any atom is -0.308 e. The first-order chi connectivity index (χ1) is 11.8. The molecule has 0 saturated heterocycles. The summed E-state index contributed by atoms with van der Waals surface area (Å²) in [5.74, 6) is 0.624. The molecule has 1 aliphatic rings. The van der Waals surface area contributed by atoms with Crippen molar-refractivity contribution >= 4 is 11.7 Å². The molecule has 0 aliphatic heterocycles. The first-order valence-corrected chi connectivity index (χ1v) is 8.06. The highest BCUT2D eigenvalue weighted by Crippen LogP contribution is 2.48. The number of nitrogens with zero attached hydrogens (tertiary/aromatic N) is 3. The fraction of sp³-hybridized carbons (Fsp3) is 0.211. The predicted octanol–water partition coefficient (Wildman–Crippen LogP) is 3.00. The molecule has 1 aliphatic carbocycles. The van der Waals surface area contributed by atoms with E-state index in [1.165, 1.54) is 0 Å². The average Bonchev–Trinajstić information content (AvgIpc) is 3.33. The molecule has 0 spiro atoms. The molecule has 24 heavy (non-hydrogen) atoms. The lowest BCUT2D eigenvalue weighted by molar-refractivity contribution is -0.118. The van der Waals surface area contributed by atoms with Gasteiger partial charge < -0.3 is 5.32 Å². The monoisotopic (exact) mass is 318 g/mol. The van der Waals surface area contributed by atoms with Gasteiger partial charge in [0, 0.05) is 24.7 Å². The maximum Gasteiger partial charge on any atom is 0.236 e. The molecule has 2 aromatic heterocycles. The molecule has 3 aromatic rings. The lowest BCUT2D eigenvalue weighted by atomic mass is 9.95. The quantitative estimate of drug-likeness (QED) is 0.787. The van der Waals surface area contributed by atoms with Crippen molar-refractivity contribution in [3.05, 3.63) is 78.2 Å². The van der Waals surface area contributed by atoms with Crippen molar-refractivity contribution in [3.63, 3.8) is 0 Å². The minimum atomic E-state index is -0.379. The smallest absolute Gasteiger partial charge is 0.236 e. The summed E-state index contributed by atoms with van der Waals surface area (Å²) in [4.78, 5) is 16.7. The van der Waals surface area contributed by atoms with Crippen molar-refractivity contribution in [2.75, 3.05) is 5.32 Å². The van der Waals surface area contributed by atoms with E-state index >= 15 is 0 Å². The van der Waals surface area contributed by atoms with Crippen molar-refractivity contribution in [1.29, 1.82) is 0 Å². The largest absolute Gasteiger partial charge is 0.308 e. The number of pyridine rings is 1. The highest BCUT2D eigenvalue weighted by molar-refractivity contribution is 6.00. The summed E-state index contributed by atoms with van der Waals surface area (Å²) in [6.07, 6.45) is 7.18. The zero-order valence-electron chi connectivity index (χ0n) is 13.2. The summed E-state index contributed by atoms with van der Waals surface area (Å²) in [7, 11) is 0. The molecule has 1 saturated carbocycles. The van der Waals surface area contributed by atoms with E-state index < -0.39 is 0 Å². The Balaban J connectivity index is 1.46. The van der Waals surface area contributed by atoms with E-state index in [9.17, 15) is 4.79 Å². The second-order valence-corrected chi connectivity index (χ2v) is 6.16. The third-order valence-corrected chi connectivity index (χ3v) is 4.49. The number of carbonyl (C=O) groups is 1. The van der Waals surface area contributed by atoms with Crippen LogP contribution in [0.15, 0.2) is 67.1 Å². The third-order valence-electron chi connectivity index (χ3n) is 4.49. The van der Waals surface area contributed by atoms with E-state index in [4.69, 9.17) is 0 Å². The number of rotatable bonds is 5. The van der Waals surface area contributed by atoms with Crippen molar-refractivity contribution in [2.45, 2.75) is 24.8 Å². The highest BCUT2D eigenvalue weighted by Gasteiger charge is 2.51. The van der Waals surface area contributed by atoms with Crippen LogP contribution in [0.4, 0.5) is 5.82 Å². The van der Waals surface area contributed by atoms with Gasteiger partial charge in [-0.15, -0.1) is 0 Å². The summed E-state index contributed by atoms with van der Waals surface area (Å²) in [6.45, 7) is 0.655. The number of hydrogen-bond donors (Lipinski definition) is 1. The summed E-state index contributed by atoms with van der Waals surface area (Å²) >= 11 is 0. The van der Waals surface area contributed by atoms with E-state index in [2.05, 4.69) is 15.4 Å². The van der Waals surface area contributed by atoms with Crippen LogP contribution < -0.4 is 5.32 Å². The van der Waals surface area contributed by atoms with Gasteiger partial charge in [0.25, 0.3) is 0 Å². The van der Waals surface area contributed by atoms with Gasteiger partial charge in [0.15, 0.2) is 5.82 Å². The normalized spacial score (nSPS) is 15.0. The Morgan fingerprint density at radius 1 is 1.08 bits per heavy atom. The van der Waals surface area contributed by atoms with Gasteiger partial charge >= 0.3 is 0 Å². The molecular formula is C19H18N4O. The molecule has 5 nitrogen and oxygen atoms in total. The van der Waals surface area contributed by atoms with Crippen LogP contribution in [0, 0.1) is 0 Å². The molecule has 5 heteroatoms. The number of carbonyl (C=O) groups excluding carboxylic acids is 1. The van der Waals surface area contributed by atoms with Crippen molar-refractivity contribution in [2.24, 2.45) is 0 Å². The van der Waals surface area contributed by atoms with Crippen LogP contribution in [0.1, 0.15) is 24.0 Å². The number of amides is 1. The molecule has 0 unspecified atom stereocenters. The first-order valence-electron chi connectivity index (χ1n) is 8.06. The van der Waals surface area contributed by atoms with E-state index in [1.54, 1.807) is 12.4 Å². The summed E-state index contributed by atoms with van der Waals surface area (Å²) < 4.78 is 1.81. The first kappa shape index (κ1) is 14.6. The predicted molar refractivity (Wildman–Crippen MR) is 91.5 cm³/mol. The molecule has 120 valence electrons. The summed E-state index contributed by atoms with van der Waals surface area (Å²) in [5.41, 5.74) is 1.82. The Morgan fingerprint density at radius 2 is 1.83 bits per heavy atom. The molecule has 0 bridgehead atoms. The standard InChI is InChI=1S/C19H18N4O/c24-18(19(9-10-19)16-4-2-1-3-5-16)21-17-8-13-23(22-17)14-15-6-11-20-12-7-15/h1-8,11-13H,9-10,14H2,(H,21,22,24). The molecular weight excluding hydrogens is 300 g/mol. The zero-order valence-corrected chi connectivity index (χ0v) is 13.2. The molecule has 1 fully saturated rings. The van der Waals surface area contributed by atoms with Crippen LogP contribution in [-0.4, -0.2) is 20.7 Å². The van der Waals surface area contributed by atoms with Crippen LogP contribution >= 0.6 is 0 Å². The summed E-state index contributed by atoms with van der Waals surface area (Å²) in [6, 6.07) is 15.7. The van der Waals surface area contributed by atoms with Crippen LogP contribution in [0.5, 0.6) is 0 Å². The maximum atomic E-state index is 12.7. The fourth-order valence-corrected chi connectivity index (χ4v) is 2.96. The van der Waals surface area contributed by atoms with Crippen LogP contribution in [-0.2, 0) is 16.8 Å². The Labute approximate surface area is 140 Å². The van der Waals surface area contributed by atoms with E-state index in [-0.39, 0.29) is 11.3 Å². The van der Waals surface area contributed by atoms with Gasteiger partial charge in [0.05, 0.1) is 12.0 Å². The van der Waals surface area contributed by atoms with Crippen molar-refractivity contribution in [3.8, 4) is 0 Å². The topological polar surface area (TPSA) is 59.8 Å². The number of hydrogen-bond acceptors (Lipinski definition) is 3. The van der Waals surface area contributed by atoms with Gasteiger partial charge in [-0.1, -0.05) is 30.3 Å². The Bertz CT molecular complexity index is 838. The van der Waals surface area contributed by atoms with Gasteiger partial charge in [-0.3, -0.25) is 14.5 Å². The highest BCUT2D eigenvalue weighted by atomic mass is 16.2. The van der Waals surface area contributed by atoms with E-state index in [1.807, 2.05) is 59.4 Å². The van der Waals surface area contributed by atoms with Crippen LogP contribution in [0.25, 0.3) is 0 Å². The van der Waals surface area contributed by atoms with Crippen LogP contribution in [0.3, 0.4) is 0 Å². The minimum absolute atomic E-state index is 0.0304.